The molecule has 2 aromatic carbocycles. The van der Waals surface area contributed by atoms with Crippen LogP contribution in [0.3, 0.4) is 0 Å². The zero-order valence-corrected chi connectivity index (χ0v) is 14.4. The van der Waals surface area contributed by atoms with Crippen molar-refractivity contribution in [2.24, 2.45) is 12.8 Å². The van der Waals surface area contributed by atoms with E-state index in [9.17, 15) is 14.7 Å². The van der Waals surface area contributed by atoms with Gasteiger partial charge in [-0.05, 0) is 30.2 Å². The Morgan fingerprint density at radius 1 is 1.15 bits per heavy atom. The van der Waals surface area contributed by atoms with Crippen LogP contribution < -0.4 is 11.3 Å². The molecule has 26 heavy (non-hydrogen) atoms. The summed E-state index contributed by atoms with van der Waals surface area (Å²) in [6.45, 7) is 0. The van der Waals surface area contributed by atoms with E-state index in [1.807, 2.05) is 30.3 Å². The molecule has 0 spiro atoms. The lowest BCUT2D eigenvalue weighted by Crippen LogP contribution is -2.24. The van der Waals surface area contributed by atoms with Gasteiger partial charge in [-0.2, -0.15) is 0 Å². The molecule has 0 aliphatic heterocycles. The van der Waals surface area contributed by atoms with E-state index in [1.54, 1.807) is 37.4 Å². The molecule has 3 N–H and O–H groups in total. The minimum atomic E-state index is -0.533. The van der Waals surface area contributed by atoms with E-state index in [2.05, 4.69) is 0 Å². The molecule has 0 saturated heterocycles. The fourth-order valence-electron chi connectivity index (χ4n) is 2.94. The van der Waals surface area contributed by atoms with E-state index in [-0.39, 0.29) is 17.4 Å². The highest BCUT2D eigenvalue weighted by Gasteiger charge is 2.19. The number of para-hydroxylation sites is 1. The topological polar surface area (TPSA) is 85.3 Å². The number of nitrogens with zero attached hydrogens (tertiary/aromatic N) is 1. The molecule has 1 heterocycles. The standard InChI is InChI=1S/C21H20N2O3/c1-23-17-12-6-5-10-15(17)20(25)19(21(23)26)18(24)13-7-11-16(22)14-8-3-2-4-9-14/h2-10,12-13,16,25H,11,22H2,1H3/t16-/m1/s1. The van der Waals surface area contributed by atoms with Crippen LogP contribution in [0, 0.1) is 0 Å². The number of carbonyl (C=O) groups is 1. The van der Waals surface area contributed by atoms with Crippen LogP contribution in [0.5, 0.6) is 5.75 Å². The summed E-state index contributed by atoms with van der Waals surface area (Å²) in [5.74, 6) is -0.820. The molecule has 0 amide bonds. The number of aromatic nitrogens is 1. The van der Waals surface area contributed by atoms with Crippen LogP contribution in [-0.2, 0) is 7.05 Å². The van der Waals surface area contributed by atoms with Gasteiger partial charge in [0.2, 0.25) is 0 Å². The number of fused-ring (bicyclic) bond motifs is 1. The average molecular weight is 348 g/mol. The molecule has 0 unspecified atom stereocenters. The van der Waals surface area contributed by atoms with Gasteiger partial charge in [0.05, 0.1) is 5.52 Å². The fourth-order valence-corrected chi connectivity index (χ4v) is 2.94. The highest BCUT2D eigenvalue weighted by atomic mass is 16.3. The van der Waals surface area contributed by atoms with Gasteiger partial charge in [0.25, 0.3) is 5.56 Å². The summed E-state index contributed by atoms with van der Waals surface area (Å²) in [7, 11) is 1.58. The van der Waals surface area contributed by atoms with Crippen LogP contribution in [0.15, 0.2) is 71.5 Å². The Bertz CT molecular complexity index is 1040. The van der Waals surface area contributed by atoms with Crippen molar-refractivity contribution in [3.05, 3.63) is 88.2 Å². The first-order valence-electron chi connectivity index (χ1n) is 8.32. The van der Waals surface area contributed by atoms with E-state index < -0.39 is 11.3 Å². The van der Waals surface area contributed by atoms with E-state index in [1.165, 1.54) is 10.6 Å². The van der Waals surface area contributed by atoms with Gasteiger partial charge in [-0.3, -0.25) is 9.59 Å². The number of aromatic hydroxyl groups is 1. The molecule has 0 aliphatic carbocycles. The molecule has 1 atom stereocenters. The number of ketones is 1. The lowest BCUT2D eigenvalue weighted by molar-refractivity contribution is 0.104. The second kappa shape index (κ2) is 7.37. The summed E-state index contributed by atoms with van der Waals surface area (Å²) in [5.41, 5.74) is 6.89. The van der Waals surface area contributed by atoms with Crippen molar-refractivity contribution >= 4 is 16.7 Å². The van der Waals surface area contributed by atoms with Crippen LogP contribution in [-0.4, -0.2) is 15.5 Å². The van der Waals surface area contributed by atoms with E-state index in [0.29, 0.717) is 17.3 Å². The SMILES string of the molecule is Cn1c(=O)c(C(=O)C=CC[C@@H](N)c2ccccc2)c(O)c2ccccc21. The summed E-state index contributed by atoms with van der Waals surface area (Å²) in [4.78, 5) is 25.0. The lowest BCUT2D eigenvalue weighted by Gasteiger charge is -2.10. The summed E-state index contributed by atoms with van der Waals surface area (Å²) < 4.78 is 1.37. The molecule has 0 bridgehead atoms. The fraction of sp³-hybridized carbons (Fsp3) is 0.143. The summed E-state index contributed by atoms with van der Waals surface area (Å²) >= 11 is 0. The quantitative estimate of drug-likeness (QED) is 0.548. The Labute approximate surface area is 151 Å². The zero-order chi connectivity index (χ0) is 18.7. The van der Waals surface area contributed by atoms with Crippen molar-refractivity contribution in [2.45, 2.75) is 12.5 Å². The van der Waals surface area contributed by atoms with Gasteiger partial charge in [-0.25, -0.2) is 0 Å². The van der Waals surface area contributed by atoms with Crippen molar-refractivity contribution in [2.75, 3.05) is 0 Å². The number of pyridine rings is 1. The molecule has 5 nitrogen and oxygen atoms in total. The second-order valence-corrected chi connectivity index (χ2v) is 6.12. The summed E-state index contributed by atoms with van der Waals surface area (Å²) in [5, 5.41) is 10.9. The number of hydrogen-bond donors (Lipinski definition) is 2. The largest absolute Gasteiger partial charge is 0.506 e. The maximum absolute atomic E-state index is 12.5. The second-order valence-electron chi connectivity index (χ2n) is 6.12. The number of allylic oxidation sites excluding steroid dienone is 1. The number of carbonyl (C=O) groups excluding carboxylic acids is 1. The predicted octanol–water partition coefficient (Wildman–Crippen LogP) is 3.07. The number of rotatable bonds is 5. The highest BCUT2D eigenvalue weighted by molar-refractivity contribution is 6.09. The monoisotopic (exact) mass is 348 g/mol. The van der Waals surface area contributed by atoms with Crippen LogP contribution in [0.1, 0.15) is 28.4 Å². The Balaban J connectivity index is 1.87. The third-order valence-corrected chi connectivity index (χ3v) is 4.41. The van der Waals surface area contributed by atoms with Gasteiger partial charge in [0.15, 0.2) is 5.78 Å². The number of nitrogens with two attached hydrogens (primary N) is 1. The summed E-state index contributed by atoms with van der Waals surface area (Å²) in [6, 6.07) is 16.2. The molecule has 0 saturated carbocycles. The van der Waals surface area contributed by atoms with Crippen LogP contribution in [0.4, 0.5) is 0 Å². The van der Waals surface area contributed by atoms with Gasteiger partial charge in [-0.15, -0.1) is 0 Å². The first-order chi connectivity index (χ1) is 12.5. The summed E-state index contributed by atoms with van der Waals surface area (Å²) in [6.07, 6.45) is 3.38. The van der Waals surface area contributed by atoms with Gasteiger partial charge in [-0.1, -0.05) is 48.5 Å². The van der Waals surface area contributed by atoms with Crippen molar-refractivity contribution in [1.29, 1.82) is 0 Å². The van der Waals surface area contributed by atoms with Crippen molar-refractivity contribution in [3.63, 3.8) is 0 Å². The first-order valence-corrected chi connectivity index (χ1v) is 8.32. The van der Waals surface area contributed by atoms with Gasteiger partial charge < -0.3 is 15.4 Å². The van der Waals surface area contributed by atoms with E-state index in [4.69, 9.17) is 5.73 Å². The molecule has 5 heteroatoms. The van der Waals surface area contributed by atoms with Crippen molar-refractivity contribution in [1.82, 2.24) is 4.57 Å². The third-order valence-electron chi connectivity index (χ3n) is 4.41. The molecule has 132 valence electrons. The van der Waals surface area contributed by atoms with Gasteiger partial charge >= 0.3 is 0 Å². The molecule has 3 rings (SSSR count). The highest BCUT2D eigenvalue weighted by Crippen LogP contribution is 2.26. The molecular formula is C21H20N2O3. The lowest BCUT2D eigenvalue weighted by atomic mass is 10.0. The Morgan fingerprint density at radius 3 is 2.54 bits per heavy atom. The maximum atomic E-state index is 12.5. The predicted molar refractivity (Wildman–Crippen MR) is 102 cm³/mol. The van der Waals surface area contributed by atoms with E-state index in [0.717, 1.165) is 5.56 Å². The van der Waals surface area contributed by atoms with Gasteiger partial charge in [0.1, 0.15) is 11.3 Å². The molecule has 3 aromatic rings. The molecule has 0 radical (unpaired) electrons. The Kier molecular flexibility index (Phi) is 5.00. The maximum Gasteiger partial charge on any atom is 0.265 e. The zero-order valence-electron chi connectivity index (χ0n) is 14.4. The van der Waals surface area contributed by atoms with Crippen LogP contribution in [0.25, 0.3) is 10.9 Å². The van der Waals surface area contributed by atoms with Crippen LogP contribution >= 0.6 is 0 Å². The van der Waals surface area contributed by atoms with Crippen molar-refractivity contribution < 1.29 is 9.90 Å². The number of hydrogen-bond acceptors (Lipinski definition) is 4. The minimum absolute atomic E-state index is 0.226. The molecule has 0 aliphatic rings. The number of benzene rings is 2. The minimum Gasteiger partial charge on any atom is -0.506 e. The number of aryl methyl sites for hydroxylation is 1. The third kappa shape index (κ3) is 3.30. The van der Waals surface area contributed by atoms with Crippen molar-refractivity contribution in [3.8, 4) is 5.75 Å². The van der Waals surface area contributed by atoms with E-state index >= 15 is 0 Å². The normalized spacial score (nSPS) is 12.5. The molecular weight excluding hydrogens is 328 g/mol. The van der Waals surface area contributed by atoms with Gasteiger partial charge in [0, 0.05) is 18.5 Å². The average Bonchev–Trinajstić information content (AvgIpc) is 2.67. The first kappa shape index (κ1) is 17.6. The smallest absolute Gasteiger partial charge is 0.265 e. The molecule has 1 aromatic heterocycles. The molecule has 0 fully saturated rings. The Hall–Kier alpha value is -3.18. The Morgan fingerprint density at radius 2 is 1.81 bits per heavy atom. The van der Waals surface area contributed by atoms with Crippen LogP contribution in [0.2, 0.25) is 0 Å².